The number of benzene rings is 1. The monoisotopic (exact) mass is 223 g/mol. The van der Waals surface area contributed by atoms with Crippen molar-refractivity contribution in [3.8, 4) is 0 Å². The van der Waals surface area contributed by atoms with Crippen LogP contribution < -0.4 is 0 Å². The van der Waals surface area contributed by atoms with Crippen molar-refractivity contribution >= 4 is 23.4 Å². The van der Waals surface area contributed by atoms with Crippen molar-refractivity contribution in [2.45, 2.75) is 32.6 Å². The Kier molecular flexibility index (Phi) is 4.54. The van der Waals surface area contributed by atoms with Crippen molar-refractivity contribution in [3.05, 3.63) is 28.8 Å². The Hall–Kier alpha value is -1.11. The summed E-state index contributed by atoms with van der Waals surface area (Å²) in [5, 5.41) is 0.681. The molecule has 0 unspecified atom stereocenters. The first-order chi connectivity index (χ1) is 7.22. The minimum atomic E-state index is 0.478. The summed E-state index contributed by atoms with van der Waals surface area (Å²) in [6.45, 7) is 4.28. The molecule has 0 heterocycles. The van der Waals surface area contributed by atoms with E-state index in [0.717, 1.165) is 18.4 Å². The van der Waals surface area contributed by atoms with E-state index in [1.807, 2.05) is 6.07 Å². The van der Waals surface area contributed by atoms with Crippen molar-refractivity contribution < 1.29 is 4.79 Å². The summed E-state index contributed by atoms with van der Waals surface area (Å²) in [5.41, 5.74) is 1.69. The van der Waals surface area contributed by atoms with Gasteiger partial charge in [0.25, 0.3) is 0 Å². The molecule has 2 nitrogen and oxygen atoms in total. The Bertz CT molecular complexity index is 379. The molecule has 0 aliphatic rings. The molecular formula is C12H14ClNO. The molecule has 1 rings (SSSR count). The number of hydrogen-bond acceptors (Lipinski definition) is 2. The largest absolute Gasteiger partial charge is 0.240 e. The third kappa shape index (κ3) is 2.92. The van der Waals surface area contributed by atoms with Crippen molar-refractivity contribution in [1.82, 2.24) is 0 Å². The highest BCUT2D eigenvalue weighted by molar-refractivity contribution is 6.31. The highest BCUT2D eigenvalue weighted by atomic mass is 35.5. The third-order valence-corrected chi connectivity index (χ3v) is 2.91. The maximum Gasteiger partial charge on any atom is 0.240 e. The number of rotatable bonds is 4. The van der Waals surface area contributed by atoms with Gasteiger partial charge in [0.15, 0.2) is 0 Å². The van der Waals surface area contributed by atoms with Crippen LogP contribution in [-0.4, -0.2) is 6.08 Å². The van der Waals surface area contributed by atoms with Crippen LogP contribution in [0, 0.1) is 0 Å². The van der Waals surface area contributed by atoms with Gasteiger partial charge in [-0.15, -0.1) is 0 Å². The summed E-state index contributed by atoms with van der Waals surface area (Å²) in [6.07, 6.45) is 3.63. The van der Waals surface area contributed by atoms with Gasteiger partial charge in [-0.2, -0.15) is 4.99 Å². The Morgan fingerprint density at radius 1 is 1.40 bits per heavy atom. The van der Waals surface area contributed by atoms with E-state index in [-0.39, 0.29) is 0 Å². The zero-order chi connectivity index (χ0) is 11.3. The van der Waals surface area contributed by atoms with Crippen molar-refractivity contribution in [1.29, 1.82) is 0 Å². The molecule has 0 radical (unpaired) electrons. The van der Waals surface area contributed by atoms with Crippen LogP contribution in [0.3, 0.4) is 0 Å². The van der Waals surface area contributed by atoms with E-state index in [1.165, 1.54) is 6.08 Å². The number of aliphatic imine (C=N–C) groups is 1. The Labute approximate surface area is 95.0 Å². The molecule has 0 N–H and O–H groups in total. The molecular weight excluding hydrogens is 210 g/mol. The maximum atomic E-state index is 10.1. The average molecular weight is 224 g/mol. The number of nitrogens with zero attached hydrogens (tertiary/aromatic N) is 1. The lowest BCUT2D eigenvalue weighted by Crippen LogP contribution is -1.95. The van der Waals surface area contributed by atoms with E-state index in [4.69, 9.17) is 11.6 Å². The van der Waals surface area contributed by atoms with Gasteiger partial charge in [0.05, 0.1) is 5.69 Å². The SMILES string of the molecule is CCC(CC)c1ccc(N=C=O)cc1Cl. The van der Waals surface area contributed by atoms with Gasteiger partial charge in [0, 0.05) is 5.02 Å². The minimum Gasteiger partial charge on any atom is -0.211 e. The van der Waals surface area contributed by atoms with Crippen LogP contribution in [0.25, 0.3) is 0 Å². The van der Waals surface area contributed by atoms with Crippen LogP contribution in [0.1, 0.15) is 38.2 Å². The lowest BCUT2D eigenvalue weighted by molar-refractivity contribution is 0.565. The fourth-order valence-corrected chi connectivity index (χ4v) is 2.03. The number of halogens is 1. The summed E-state index contributed by atoms with van der Waals surface area (Å²) < 4.78 is 0. The van der Waals surface area contributed by atoms with Gasteiger partial charge in [0.1, 0.15) is 0 Å². The van der Waals surface area contributed by atoms with Crippen LogP contribution in [0.2, 0.25) is 5.02 Å². The van der Waals surface area contributed by atoms with Gasteiger partial charge in [-0.1, -0.05) is 31.5 Å². The summed E-state index contributed by atoms with van der Waals surface area (Å²) in [7, 11) is 0. The first-order valence-corrected chi connectivity index (χ1v) is 5.48. The molecule has 0 saturated carbocycles. The number of isocyanates is 1. The second-order valence-electron chi connectivity index (χ2n) is 3.42. The zero-order valence-corrected chi connectivity index (χ0v) is 9.71. The standard InChI is InChI=1S/C12H14ClNO/c1-3-9(4-2)11-6-5-10(14-8-15)7-12(11)13/h5-7,9H,3-4H2,1-2H3. The molecule has 0 saturated heterocycles. The smallest absolute Gasteiger partial charge is 0.211 e. The quantitative estimate of drug-likeness (QED) is 0.555. The molecule has 3 heteroatoms. The Morgan fingerprint density at radius 2 is 2.07 bits per heavy atom. The Balaban J connectivity index is 3.06. The molecule has 0 amide bonds. The molecule has 1 aromatic rings. The molecule has 0 aromatic heterocycles. The van der Waals surface area contributed by atoms with Crippen molar-refractivity contribution in [2.24, 2.45) is 4.99 Å². The fraction of sp³-hybridized carbons (Fsp3) is 0.417. The summed E-state index contributed by atoms with van der Waals surface area (Å²) in [6, 6.07) is 5.45. The van der Waals surface area contributed by atoms with Gasteiger partial charge in [0.2, 0.25) is 6.08 Å². The highest BCUT2D eigenvalue weighted by Crippen LogP contribution is 2.32. The van der Waals surface area contributed by atoms with Gasteiger partial charge in [-0.05, 0) is 36.5 Å². The number of carbonyl (C=O) groups excluding carboxylic acids is 1. The highest BCUT2D eigenvalue weighted by Gasteiger charge is 2.10. The van der Waals surface area contributed by atoms with E-state index < -0.39 is 0 Å². The van der Waals surface area contributed by atoms with Gasteiger partial charge < -0.3 is 0 Å². The molecule has 0 aliphatic heterocycles. The summed E-state index contributed by atoms with van der Waals surface area (Å²) in [4.78, 5) is 13.6. The van der Waals surface area contributed by atoms with E-state index in [1.54, 1.807) is 12.1 Å². The van der Waals surface area contributed by atoms with Crippen LogP contribution in [-0.2, 0) is 4.79 Å². The molecule has 0 fully saturated rings. The van der Waals surface area contributed by atoms with Gasteiger partial charge in [-0.3, -0.25) is 0 Å². The van der Waals surface area contributed by atoms with Crippen LogP contribution in [0.5, 0.6) is 0 Å². The zero-order valence-electron chi connectivity index (χ0n) is 8.96. The summed E-state index contributed by atoms with van der Waals surface area (Å²) >= 11 is 6.13. The normalized spacial score (nSPS) is 10.1. The molecule has 0 aliphatic carbocycles. The fourth-order valence-electron chi connectivity index (χ4n) is 1.70. The van der Waals surface area contributed by atoms with Gasteiger partial charge >= 0.3 is 0 Å². The lowest BCUT2D eigenvalue weighted by Gasteiger charge is -2.14. The maximum absolute atomic E-state index is 10.1. The van der Waals surface area contributed by atoms with Crippen LogP contribution >= 0.6 is 11.6 Å². The van der Waals surface area contributed by atoms with E-state index in [0.29, 0.717) is 16.6 Å². The lowest BCUT2D eigenvalue weighted by atomic mass is 9.94. The molecule has 15 heavy (non-hydrogen) atoms. The predicted octanol–water partition coefficient (Wildman–Crippen LogP) is 4.21. The van der Waals surface area contributed by atoms with Crippen molar-refractivity contribution in [3.63, 3.8) is 0 Å². The average Bonchev–Trinajstić information content (AvgIpc) is 2.23. The second kappa shape index (κ2) is 5.69. The van der Waals surface area contributed by atoms with E-state index in [2.05, 4.69) is 18.8 Å². The predicted molar refractivity (Wildman–Crippen MR) is 62.6 cm³/mol. The van der Waals surface area contributed by atoms with Gasteiger partial charge in [-0.25, -0.2) is 4.79 Å². The molecule has 0 atom stereocenters. The summed E-state index contributed by atoms with van der Waals surface area (Å²) in [5.74, 6) is 0.478. The van der Waals surface area contributed by atoms with E-state index >= 15 is 0 Å². The first-order valence-electron chi connectivity index (χ1n) is 5.10. The molecule has 80 valence electrons. The topological polar surface area (TPSA) is 29.4 Å². The second-order valence-corrected chi connectivity index (χ2v) is 3.83. The minimum absolute atomic E-state index is 0.478. The van der Waals surface area contributed by atoms with Crippen LogP contribution in [0.4, 0.5) is 5.69 Å². The molecule has 1 aromatic carbocycles. The molecule has 0 spiro atoms. The first kappa shape index (κ1) is 12.0. The van der Waals surface area contributed by atoms with Crippen molar-refractivity contribution in [2.75, 3.05) is 0 Å². The van der Waals surface area contributed by atoms with E-state index in [9.17, 15) is 4.79 Å². The number of hydrogen-bond donors (Lipinski definition) is 0. The third-order valence-electron chi connectivity index (χ3n) is 2.58. The Morgan fingerprint density at radius 3 is 2.53 bits per heavy atom. The van der Waals surface area contributed by atoms with Crippen LogP contribution in [0.15, 0.2) is 23.2 Å². The molecule has 0 bridgehead atoms.